The van der Waals surface area contributed by atoms with Gasteiger partial charge in [0.05, 0.1) is 0 Å². The van der Waals surface area contributed by atoms with Crippen LogP contribution in [0.25, 0.3) is 0 Å². The van der Waals surface area contributed by atoms with Crippen molar-refractivity contribution in [1.82, 2.24) is 10.2 Å². The molecule has 0 radical (unpaired) electrons. The molecule has 0 bridgehead atoms. The Kier molecular flexibility index (Phi) is 3.50. The molecule has 1 N–H and O–H groups in total. The molecule has 0 amide bonds. The lowest BCUT2D eigenvalue weighted by Crippen LogP contribution is -2.19. The van der Waals surface area contributed by atoms with Crippen LogP contribution in [0.2, 0.25) is 0 Å². The second kappa shape index (κ2) is 4.87. The molecule has 15 heavy (non-hydrogen) atoms. The summed E-state index contributed by atoms with van der Waals surface area (Å²) in [5.74, 6) is 0. The molecule has 3 nitrogen and oxygen atoms in total. The molecule has 2 aromatic rings. The van der Waals surface area contributed by atoms with Crippen molar-refractivity contribution in [2.24, 2.45) is 0 Å². The van der Waals surface area contributed by atoms with E-state index in [9.17, 15) is 0 Å². The standard InChI is InChI=1S/C9H11N3S3/c1-12(8-10-11-9(13)15-8)5-4-7-3-2-6-14-7/h2-3,6H,4-5H2,1H3,(H,11,13). The van der Waals surface area contributed by atoms with E-state index in [1.165, 1.54) is 16.2 Å². The molecule has 0 fully saturated rings. The molecule has 0 spiro atoms. The van der Waals surface area contributed by atoms with Gasteiger partial charge in [-0.05, 0) is 30.1 Å². The zero-order valence-electron chi connectivity index (χ0n) is 8.27. The number of hydrogen-bond donors (Lipinski definition) is 1. The summed E-state index contributed by atoms with van der Waals surface area (Å²) in [5, 5.41) is 9.98. The second-order valence-corrected chi connectivity index (χ2v) is 5.82. The van der Waals surface area contributed by atoms with Crippen molar-refractivity contribution in [2.75, 3.05) is 18.5 Å². The van der Waals surface area contributed by atoms with E-state index in [-0.39, 0.29) is 0 Å². The van der Waals surface area contributed by atoms with Gasteiger partial charge in [-0.2, -0.15) is 0 Å². The Labute approximate surface area is 101 Å². The Bertz CT molecular complexity index is 457. The largest absolute Gasteiger partial charge is 0.349 e. The van der Waals surface area contributed by atoms with Gasteiger partial charge in [-0.1, -0.05) is 17.4 Å². The minimum atomic E-state index is 0.730. The topological polar surface area (TPSA) is 31.9 Å². The van der Waals surface area contributed by atoms with Gasteiger partial charge in [-0.15, -0.1) is 16.4 Å². The summed E-state index contributed by atoms with van der Waals surface area (Å²) in [4.78, 5) is 3.53. The predicted molar refractivity (Wildman–Crippen MR) is 68.6 cm³/mol. The number of likely N-dealkylation sites (N-methyl/N-ethyl adjacent to an activating group) is 1. The highest BCUT2D eigenvalue weighted by atomic mass is 32.1. The van der Waals surface area contributed by atoms with Gasteiger partial charge in [-0.25, -0.2) is 0 Å². The smallest absolute Gasteiger partial charge is 0.206 e. The van der Waals surface area contributed by atoms with Crippen LogP contribution in [0.3, 0.4) is 0 Å². The molecular formula is C9H11N3S3. The average Bonchev–Trinajstić information content (AvgIpc) is 2.84. The van der Waals surface area contributed by atoms with Crippen molar-refractivity contribution < 1.29 is 0 Å². The van der Waals surface area contributed by atoms with Crippen molar-refractivity contribution in [3.63, 3.8) is 0 Å². The number of hydrogen-bond acceptors (Lipinski definition) is 5. The van der Waals surface area contributed by atoms with E-state index < -0.39 is 0 Å². The summed E-state index contributed by atoms with van der Waals surface area (Å²) in [6, 6.07) is 4.24. The Hall–Kier alpha value is -0.720. The highest BCUT2D eigenvalue weighted by Gasteiger charge is 2.04. The Morgan fingerprint density at radius 2 is 2.47 bits per heavy atom. The van der Waals surface area contributed by atoms with Gasteiger partial charge in [0.15, 0.2) is 3.95 Å². The Morgan fingerprint density at radius 3 is 3.07 bits per heavy atom. The molecule has 0 saturated heterocycles. The summed E-state index contributed by atoms with van der Waals surface area (Å²) in [7, 11) is 2.04. The zero-order valence-corrected chi connectivity index (χ0v) is 10.7. The summed E-state index contributed by atoms with van der Waals surface area (Å²) >= 11 is 8.30. The number of nitrogens with one attached hydrogen (secondary N) is 1. The van der Waals surface area contributed by atoms with Gasteiger partial charge < -0.3 is 4.90 Å². The minimum Gasteiger partial charge on any atom is -0.349 e. The van der Waals surface area contributed by atoms with E-state index in [2.05, 4.69) is 32.6 Å². The molecule has 0 aliphatic rings. The van der Waals surface area contributed by atoms with Crippen molar-refractivity contribution in [1.29, 1.82) is 0 Å². The fraction of sp³-hybridized carbons (Fsp3) is 0.333. The van der Waals surface area contributed by atoms with Crippen LogP contribution in [0.1, 0.15) is 4.88 Å². The molecule has 0 atom stereocenters. The van der Waals surface area contributed by atoms with Crippen LogP contribution in [-0.2, 0) is 6.42 Å². The highest BCUT2D eigenvalue weighted by molar-refractivity contribution is 7.73. The molecule has 2 rings (SSSR count). The lowest BCUT2D eigenvalue weighted by atomic mass is 10.3. The number of H-pyrrole nitrogens is 1. The number of anilines is 1. The van der Waals surface area contributed by atoms with E-state index in [1.54, 1.807) is 11.3 Å². The van der Waals surface area contributed by atoms with Gasteiger partial charge in [0.1, 0.15) is 0 Å². The van der Waals surface area contributed by atoms with E-state index in [1.807, 2.05) is 7.05 Å². The quantitative estimate of drug-likeness (QED) is 0.855. The molecular weight excluding hydrogens is 246 g/mol. The molecule has 0 aliphatic heterocycles. The van der Waals surface area contributed by atoms with Crippen molar-refractivity contribution in [2.45, 2.75) is 6.42 Å². The van der Waals surface area contributed by atoms with Crippen LogP contribution in [0.4, 0.5) is 5.13 Å². The summed E-state index contributed by atoms with van der Waals surface area (Å²) in [6.45, 7) is 0.969. The first-order chi connectivity index (χ1) is 7.25. The SMILES string of the molecule is CN(CCc1cccs1)c1n[nH]c(=S)s1. The summed E-state index contributed by atoms with van der Waals surface area (Å²) in [6.07, 6.45) is 1.06. The van der Waals surface area contributed by atoms with Crippen LogP contribution in [0, 0.1) is 3.95 Å². The first kappa shape index (κ1) is 10.8. The maximum absolute atomic E-state index is 4.99. The van der Waals surface area contributed by atoms with Gasteiger partial charge in [0, 0.05) is 18.5 Å². The lowest BCUT2D eigenvalue weighted by molar-refractivity contribution is 0.867. The van der Waals surface area contributed by atoms with Crippen LogP contribution < -0.4 is 4.90 Å². The van der Waals surface area contributed by atoms with Gasteiger partial charge in [0.25, 0.3) is 0 Å². The molecule has 0 saturated carbocycles. The molecule has 2 heterocycles. The van der Waals surface area contributed by atoms with Gasteiger partial charge in [-0.3, -0.25) is 5.10 Å². The van der Waals surface area contributed by atoms with E-state index >= 15 is 0 Å². The number of rotatable bonds is 4. The monoisotopic (exact) mass is 257 g/mol. The lowest BCUT2D eigenvalue weighted by Gasteiger charge is -2.13. The molecule has 0 aliphatic carbocycles. The van der Waals surface area contributed by atoms with Crippen molar-refractivity contribution >= 4 is 40.0 Å². The molecule has 2 aromatic heterocycles. The van der Waals surface area contributed by atoms with Crippen LogP contribution >= 0.6 is 34.9 Å². The molecule has 0 aromatic carbocycles. The van der Waals surface area contributed by atoms with Crippen LogP contribution in [-0.4, -0.2) is 23.8 Å². The van der Waals surface area contributed by atoms with Crippen molar-refractivity contribution in [3.8, 4) is 0 Å². The fourth-order valence-electron chi connectivity index (χ4n) is 1.21. The third-order valence-electron chi connectivity index (χ3n) is 2.03. The van der Waals surface area contributed by atoms with Crippen LogP contribution in [0.15, 0.2) is 17.5 Å². The normalized spacial score (nSPS) is 10.5. The summed E-state index contributed by atoms with van der Waals surface area (Å²) < 4.78 is 0.730. The van der Waals surface area contributed by atoms with Gasteiger partial charge >= 0.3 is 0 Å². The molecule has 6 heteroatoms. The summed E-state index contributed by atoms with van der Waals surface area (Å²) in [5.41, 5.74) is 0. The fourth-order valence-corrected chi connectivity index (χ4v) is 2.78. The van der Waals surface area contributed by atoms with E-state index in [0.717, 1.165) is 22.1 Å². The van der Waals surface area contributed by atoms with E-state index in [0.29, 0.717) is 0 Å². The molecule has 80 valence electrons. The van der Waals surface area contributed by atoms with Crippen LogP contribution in [0.5, 0.6) is 0 Å². The maximum Gasteiger partial charge on any atom is 0.206 e. The predicted octanol–water partition coefficient (Wildman–Crippen LogP) is 2.94. The third kappa shape index (κ3) is 2.87. The van der Waals surface area contributed by atoms with Gasteiger partial charge in [0.2, 0.25) is 5.13 Å². The Balaban J connectivity index is 1.93. The average molecular weight is 257 g/mol. The number of aromatic amines is 1. The number of nitrogens with zero attached hydrogens (tertiary/aromatic N) is 2. The zero-order chi connectivity index (χ0) is 10.7. The second-order valence-electron chi connectivity index (χ2n) is 3.15. The highest BCUT2D eigenvalue weighted by Crippen LogP contribution is 2.17. The maximum atomic E-state index is 4.99. The number of aromatic nitrogens is 2. The van der Waals surface area contributed by atoms with E-state index in [4.69, 9.17) is 12.2 Å². The third-order valence-corrected chi connectivity index (χ3v) is 4.17. The van der Waals surface area contributed by atoms with Crippen molar-refractivity contribution in [3.05, 3.63) is 26.3 Å². The Morgan fingerprint density at radius 1 is 1.60 bits per heavy atom. The first-order valence-electron chi connectivity index (χ1n) is 4.55. The minimum absolute atomic E-state index is 0.730. The molecule has 0 unspecified atom stereocenters. The first-order valence-corrected chi connectivity index (χ1v) is 6.65. The number of thiophene rings is 1.